The lowest BCUT2D eigenvalue weighted by molar-refractivity contribution is 0.773. The van der Waals surface area contributed by atoms with Crippen LogP contribution in [-0.2, 0) is 6.54 Å². The summed E-state index contributed by atoms with van der Waals surface area (Å²) >= 11 is 0. The molecule has 0 spiro atoms. The topological polar surface area (TPSA) is 42.2 Å². The van der Waals surface area contributed by atoms with E-state index in [4.69, 9.17) is 6.42 Å². The molecule has 0 unspecified atom stereocenters. The number of fused-ring (bicyclic) bond motifs is 1. The molecule has 0 aliphatic heterocycles. The van der Waals surface area contributed by atoms with E-state index in [9.17, 15) is 0 Å². The molecule has 0 radical (unpaired) electrons. The molecule has 0 fully saturated rings. The van der Waals surface area contributed by atoms with Crippen molar-refractivity contribution in [3.8, 4) is 12.3 Å². The smallest absolute Gasteiger partial charge is 0.159 e. The Labute approximate surface area is 82.0 Å². The first-order valence-electron chi connectivity index (χ1n) is 4.33. The molecule has 0 bridgehead atoms. The molecule has 14 heavy (non-hydrogen) atoms. The van der Waals surface area contributed by atoms with Gasteiger partial charge in [0, 0.05) is 24.5 Å². The summed E-state index contributed by atoms with van der Waals surface area (Å²) in [7, 11) is 0. The first kappa shape index (κ1) is 8.73. The molecule has 0 aromatic carbocycles. The van der Waals surface area contributed by atoms with Gasteiger partial charge in [-0.1, -0.05) is 5.92 Å². The summed E-state index contributed by atoms with van der Waals surface area (Å²) in [4.78, 5) is 4.23. The molecule has 4 nitrogen and oxygen atoms in total. The van der Waals surface area contributed by atoms with Crippen LogP contribution in [0.2, 0.25) is 0 Å². The summed E-state index contributed by atoms with van der Waals surface area (Å²) in [6.45, 7) is 1.26. The lowest BCUT2D eigenvalue weighted by Gasteiger charge is -1.97. The second kappa shape index (κ2) is 3.90. The summed E-state index contributed by atoms with van der Waals surface area (Å²) in [6, 6.07) is 1.85. The Bertz CT molecular complexity index is 466. The van der Waals surface area contributed by atoms with E-state index < -0.39 is 0 Å². The minimum atomic E-state index is 0.560. The maximum Gasteiger partial charge on any atom is 0.159 e. The minimum Gasteiger partial charge on any atom is -0.302 e. The molecule has 0 aliphatic carbocycles. The van der Waals surface area contributed by atoms with Crippen molar-refractivity contribution < 1.29 is 0 Å². The first-order chi connectivity index (χ1) is 6.92. The minimum absolute atomic E-state index is 0.560. The van der Waals surface area contributed by atoms with Crippen LogP contribution in [0.3, 0.4) is 0 Å². The molecule has 2 heterocycles. The first-order valence-corrected chi connectivity index (χ1v) is 4.33. The third-order valence-corrected chi connectivity index (χ3v) is 1.89. The molecular weight excluding hydrogens is 176 g/mol. The van der Waals surface area contributed by atoms with Gasteiger partial charge >= 0.3 is 0 Å². The van der Waals surface area contributed by atoms with Crippen molar-refractivity contribution in [3.05, 3.63) is 30.2 Å². The fourth-order valence-electron chi connectivity index (χ4n) is 1.27. The Morgan fingerprint density at radius 3 is 3.36 bits per heavy atom. The van der Waals surface area contributed by atoms with Gasteiger partial charge in [0.05, 0.1) is 12.7 Å². The Morgan fingerprint density at radius 2 is 2.50 bits per heavy atom. The highest BCUT2D eigenvalue weighted by atomic mass is 15.2. The SMILES string of the molecule is C#CCNCc1cnn2cccnc12. The van der Waals surface area contributed by atoms with Crippen LogP contribution in [0.25, 0.3) is 5.65 Å². The number of nitrogens with one attached hydrogen (secondary N) is 1. The predicted octanol–water partition coefficient (Wildman–Crippen LogP) is 0.452. The Morgan fingerprint density at radius 1 is 1.57 bits per heavy atom. The van der Waals surface area contributed by atoms with Gasteiger partial charge in [-0.3, -0.25) is 0 Å². The highest BCUT2D eigenvalue weighted by molar-refractivity contribution is 5.45. The van der Waals surface area contributed by atoms with E-state index in [0.717, 1.165) is 11.2 Å². The van der Waals surface area contributed by atoms with Crippen LogP contribution in [0.15, 0.2) is 24.7 Å². The van der Waals surface area contributed by atoms with Gasteiger partial charge in [-0.25, -0.2) is 9.50 Å². The van der Waals surface area contributed by atoms with Crippen LogP contribution >= 0.6 is 0 Å². The third kappa shape index (κ3) is 1.58. The highest BCUT2D eigenvalue weighted by Crippen LogP contribution is 2.05. The van der Waals surface area contributed by atoms with E-state index in [1.807, 2.05) is 12.3 Å². The van der Waals surface area contributed by atoms with Gasteiger partial charge < -0.3 is 5.32 Å². The van der Waals surface area contributed by atoms with Gasteiger partial charge in [0.25, 0.3) is 0 Å². The molecule has 70 valence electrons. The summed E-state index contributed by atoms with van der Waals surface area (Å²) in [5, 5.41) is 7.26. The summed E-state index contributed by atoms with van der Waals surface area (Å²) in [5.41, 5.74) is 1.93. The largest absolute Gasteiger partial charge is 0.302 e. The lowest BCUT2D eigenvalue weighted by atomic mass is 10.3. The molecule has 1 N–H and O–H groups in total. The monoisotopic (exact) mass is 186 g/mol. The molecule has 0 atom stereocenters. The van der Waals surface area contributed by atoms with E-state index in [2.05, 4.69) is 21.3 Å². The van der Waals surface area contributed by atoms with E-state index in [1.165, 1.54) is 0 Å². The zero-order valence-electron chi connectivity index (χ0n) is 7.64. The van der Waals surface area contributed by atoms with Gasteiger partial charge in [-0.15, -0.1) is 6.42 Å². The second-order valence-electron chi connectivity index (χ2n) is 2.87. The molecule has 0 saturated carbocycles. The molecule has 0 amide bonds. The molecule has 2 aromatic heterocycles. The molecule has 4 heteroatoms. The number of hydrogen-bond donors (Lipinski definition) is 1. The second-order valence-corrected chi connectivity index (χ2v) is 2.87. The molecule has 2 aromatic rings. The average Bonchev–Trinajstić information content (AvgIpc) is 2.63. The van der Waals surface area contributed by atoms with Crippen LogP contribution < -0.4 is 5.32 Å². The molecule has 2 rings (SSSR count). The number of terminal acetylenes is 1. The zero-order chi connectivity index (χ0) is 9.80. The quantitative estimate of drug-likeness (QED) is 0.559. The van der Waals surface area contributed by atoms with E-state index in [-0.39, 0.29) is 0 Å². The summed E-state index contributed by atoms with van der Waals surface area (Å²) < 4.78 is 1.74. The number of nitrogens with zero attached hydrogens (tertiary/aromatic N) is 3. The fraction of sp³-hybridized carbons (Fsp3) is 0.200. The van der Waals surface area contributed by atoms with Gasteiger partial charge in [0.2, 0.25) is 0 Å². The number of rotatable bonds is 3. The Balaban J connectivity index is 2.22. The molecular formula is C10H10N4. The maximum atomic E-state index is 5.13. The van der Waals surface area contributed by atoms with Crippen LogP contribution in [0, 0.1) is 12.3 Å². The van der Waals surface area contributed by atoms with Crippen molar-refractivity contribution in [2.75, 3.05) is 6.54 Å². The van der Waals surface area contributed by atoms with Gasteiger partial charge in [-0.05, 0) is 6.07 Å². The summed E-state index contributed by atoms with van der Waals surface area (Å²) in [5.74, 6) is 2.52. The van der Waals surface area contributed by atoms with E-state index in [0.29, 0.717) is 13.1 Å². The van der Waals surface area contributed by atoms with Crippen molar-refractivity contribution in [2.45, 2.75) is 6.54 Å². The normalized spacial score (nSPS) is 10.2. The van der Waals surface area contributed by atoms with E-state index in [1.54, 1.807) is 16.9 Å². The molecule has 0 aliphatic rings. The number of aromatic nitrogens is 3. The average molecular weight is 186 g/mol. The van der Waals surface area contributed by atoms with Crippen LogP contribution in [0.5, 0.6) is 0 Å². The fourth-order valence-corrected chi connectivity index (χ4v) is 1.27. The summed E-state index contributed by atoms with van der Waals surface area (Å²) in [6.07, 6.45) is 10.5. The van der Waals surface area contributed by atoms with Crippen molar-refractivity contribution in [1.29, 1.82) is 0 Å². The van der Waals surface area contributed by atoms with Crippen LogP contribution in [0.4, 0.5) is 0 Å². The number of hydrogen-bond acceptors (Lipinski definition) is 3. The van der Waals surface area contributed by atoms with Crippen molar-refractivity contribution in [3.63, 3.8) is 0 Å². The van der Waals surface area contributed by atoms with Gasteiger partial charge in [0.1, 0.15) is 0 Å². The van der Waals surface area contributed by atoms with Gasteiger partial charge in [0.15, 0.2) is 5.65 Å². The predicted molar refractivity (Wildman–Crippen MR) is 53.5 cm³/mol. The van der Waals surface area contributed by atoms with Crippen molar-refractivity contribution in [2.24, 2.45) is 0 Å². The lowest BCUT2D eigenvalue weighted by Crippen LogP contribution is -2.12. The van der Waals surface area contributed by atoms with Gasteiger partial charge in [-0.2, -0.15) is 5.10 Å². The highest BCUT2D eigenvalue weighted by Gasteiger charge is 2.02. The van der Waals surface area contributed by atoms with E-state index >= 15 is 0 Å². The molecule has 0 saturated heterocycles. The zero-order valence-corrected chi connectivity index (χ0v) is 7.64. The van der Waals surface area contributed by atoms with Crippen molar-refractivity contribution >= 4 is 5.65 Å². The van der Waals surface area contributed by atoms with Crippen molar-refractivity contribution in [1.82, 2.24) is 19.9 Å². The van der Waals surface area contributed by atoms with Crippen LogP contribution in [0.1, 0.15) is 5.56 Å². The Kier molecular flexibility index (Phi) is 2.43. The Hall–Kier alpha value is -1.86. The standard InChI is InChI=1S/C10H10N4/c1-2-4-11-7-9-8-13-14-6-3-5-12-10(9)14/h1,3,5-6,8,11H,4,7H2. The van der Waals surface area contributed by atoms with Crippen LogP contribution in [-0.4, -0.2) is 21.1 Å². The third-order valence-electron chi connectivity index (χ3n) is 1.89. The maximum absolute atomic E-state index is 5.13.